The van der Waals surface area contributed by atoms with Gasteiger partial charge in [0.15, 0.2) is 0 Å². The fourth-order valence-corrected chi connectivity index (χ4v) is 6.29. The molecule has 0 N–H and O–H groups in total. The van der Waals surface area contributed by atoms with Gasteiger partial charge in [-0.15, -0.1) is 0 Å². The lowest BCUT2D eigenvalue weighted by atomic mass is 9.80. The number of hydrogen-bond donors (Lipinski definition) is 0. The van der Waals surface area contributed by atoms with Crippen LogP contribution in [0, 0.1) is 27.7 Å². The van der Waals surface area contributed by atoms with E-state index in [-0.39, 0.29) is 0 Å². The van der Waals surface area contributed by atoms with Crippen LogP contribution >= 0.6 is 0 Å². The first-order chi connectivity index (χ1) is 16.5. The van der Waals surface area contributed by atoms with Crippen LogP contribution in [0.25, 0.3) is 64.6 Å². The Morgan fingerprint density at radius 3 is 0.794 bits per heavy atom. The highest BCUT2D eigenvalue weighted by Gasteiger charge is 2.22. The molecule has 0 saturated carbocycles. The second-order valence-corrected chi connectivity index (χ2v) is 9.18. The van der Waals surface area contributed by atoms with E-state index >= 15 is 0 Å². The highest BCUT2D eigenvalue weighted by molar-refractivity contribution is 6.41. The van der Waals surface area contributed by atoms with Crippen LogP contribution in [0.15, 0.2) is 60.7 Å². The number of benzene rings is 7. The summed E-state index contributed by atoms with van der Waals surface area (Å²) in [6.45, 7) is 17.2. The van der Waals surface area contributed by atoms with Crippen LogP contribution in [0.5, 0.6) is 0 Å². The quantitative estimate of drug-likeness (QED) is 0.162. The van der Waals surface area contributed by atoms with Crippen molar-refractivity contribution in [1.29, 1.82) is 0 Å². The van der Waals surface area contributed by atoms with Gasteiger partial charge in [0, 0.05) is 0 Å². The number of aryl methyl sites for hydroxylation is 4. The van der Waals surface area contributed by atoms with Gasteiger partial charge in [-0.05, 0) is 115 Å². The molecule has 0 spiro atoms. The zero-order chi connectivity index (χ0) is 24.3. The van der Waals surface area contributed by atoms with Crippen molar-refractivity contribution in [3.63, 3.8) is 0 Å². The standard InChI is InChI=1S/C30H22.2C2H6/c1-15-11-19-7-5-8-20-13-17(3)25-26-18(4)14-22-10-6-9-21-12-16(2)24(30(26)28(21)22)23(15)29(25)27(19)20;2*1-2/h5-14H,1-4H3;2*1-2H3. The van der Waals surface area contributed by atoms with E-state index in [1.54, 1.807) is 0 Å². The first-order valence-electron chi connectivity index (χ1n) is 12.8. The van der Waals surface area contributed by atoms with E-state index in [0.29, 0.717) is 0 Å². The first-order valence-corrected chi connectivity index (χ1v) is 12.8. The average Bonchev–Trinajstić information content (AvgIpc) is 2.84. The van der Waals surface area contributed by atoms with Gasteiger partial charge in [-0.1, -0.05) is 88.4 Å². The van der Waals surface area contributed by atoms with Gasteiger partial charge in [-0.25, -0.2) is 0 Å². The Labute approximate surface area is 202 Å². The molecule has 0 fully saturated rings. The van der Waals surface area contributed by atoms with E-state index in [1.807, 2.05) is 27.7 Å². The van der Waals surface area contributed by atoms with Gasteiger partial charge in [0.2, 0.25) is 0 Å². The van der Waals surface area contributed by atoms with Gasteiger partial charge in [-0.2, -0.15) is 0 Å². The average molecular weight is 443 g/mol. The van der Waals surface area contributed by atoms with Crippen LogP contribution in [0.2, 0.25) is 0 Å². The molecule has 0 radical (unpaired) electrons. The fraction of sp³-hybridized carbons (Fsp3) is 0.235. The second-order valence-electron chi connectivity index (χ2n) is 9.18. The molecule has 0 aliphatic carbocycles. The van der Waals surface area contributed by atoms with Crippen molar-refractivity contribution in [1.82, 2.24) is 0 Å². The predicted octanol–water partition coefficient (Wildman–Crippen LogP) is 10.8. The van der Waals surface area contributed by atoms with E-state index in [4.69, 9.17) is 0 Å². The Kier molecular flexibility index (Phi) is 5.36. The van der Waals surface area contributed by atoms with E-state index < -0.39 is 0 Å². The highest BCUT2D eigenvalue weighted by atomic mass is 14.2. The molecule has 7 rings (SSSR count). The normalized spacial score (nSPS) is 11.5. The van der Waals surface area contributed by atoms with Crippen LogP contribution in [-0.2, 0) is 0 Å². The van der Waals surface area contributed by atoms with Crippen LogP contribution in [0.1, 0.15) is 49.9 Å². The third-order valence-corrected chi connectivity index (χ3v) is 7.32. The maximum absolute atomic E-state index is 2.39. The van der Waals surface area contributed by atoms with Crippen LogP contribution in [0.4, 0.5) is 0 Å². The lowest BCUT2D eigenvalue weighted by molar-refractivity contribution is 1.50. The Hall–Kier alpha value is -3.38. The van der Waals surface area contributed by atoms with Crippen molar-refractivity contribution in [3.8, 4) is 0 Å². The predicted molar refractivity (Wildman–Crippen MR) is 155 cm³/mol. The summed E-state index contributed by atoms with van der Waals surface area (Å²) < 4.78 is 0. The Morgan fingerprint density at radius 1 is 0.324 bits per heavy atom. The molecule has 0 amide bonds. The minimum Gasteiger partial charge on any atom is -0.0683 e. The molecular weight excluding hydrogens is 408 g/mol. The molecule has 0 aromatic heterocycles. The maximum Gasteiger partial charge on any atom is -0.000878 e. The molecule has 0 heterocycles. The SMILES string of the molecule is CC.CC.Cc1cc2cccc3cc(C)c4c5c(C)cc6cccc7cc(C)c(c1c4c23)c5c76. The number of rotatable bonds is 0. The third kappa shape index (κ3) is 2.78. The van der Waals surface area contributed by atoms with Gasteiger partial charge in [-0.3, -0.25) is 0 Å². The Balaban J connectivity index is 0.000000574. The number of fused-ring (bicyclic) bond motifs is 2. The molecule has 0 unspecified atom stereocenters. The van der Waals surface area contributed by atoms with Gasteiger partial charge in [0.1, 0.15) is 0 Å². The molecule has 170 valence electrons. The summed E-state index contributed by atoms with van der Waals surface area (Å²) in [6.07, 6.45) is 0. The third-order valence-electron chi connectivity index (χ3n) is 7.32. The molecule has 7 aromatic carbocycles. The lowest BCUT2D eigenvalue weighted by Crippen LogP contribution is -1.97. The summed E-state index contributed by atoms with van der Waals surface area (Å²) in [7, 11) is 0. The molecule has 0 aliphatic rings. The molecule has 0 nitrogen and oxygen atoms in total. The molecule has 0 heteroatoms. The van der Waals surface area contributed by atoms with E-state index in [9.17, 15) is 0 Å². The summed E-state index contributed by atoms with van der Waals surface area (Å²) >= 11 is 0. The summed E-state index contributed by atoms with van der Waals surface area (Å²) in [5.41, 5.74) is 5.52. The van der Waals surface area contributed by atoms with Gasteiger partial charge in [0.05, 0.1) is 0 Å². The Morgan fingerprint density at radius 2 is 0.559 bits per heavy atom. The fourth-order valence-electron chi connectivity index (χ4n) is 6.29. The smallest absolute Gasteiger partial charge is 0.000878 e. The van der Waals surface area contributed by atoms with E-state index in [0.717, 1.165) is 0 Å². The molecule has 0 atom stereocenters. The molecule has 0 saturated heterocycles. The number of hydrogen-bond acceptors (Lipinski definition) is 0. The molecule has 0 bridgehead atoms. The van der Waals surface area contributed by atoms with E-state index in [1.165, 1.54) is 86.9 Å². The summed E-state index contributed by atoms with van der Waals surface area (Å²) in [4.78, 5) is 0. The van der Waals surface area contributed by atoms with Gasteiger partial charge < -0.3 is 0 Å². The van der Waals surface area contributed by atoms with Crippen molar-refractivity contribution < 1.29 is 0 Å². The van der Waals surface area contributed by atoms with Gasteiger partial charge >= 0.3 is 0 Å². The second kappa shape index (κ2) is 8.13. The topological polar surface area (TPSA) is 0 Å². The molecular formula is C34H34. The maximum atomic E-state index is 2.39. The van der Waals surface area contributed by atoms with Crippen molar-refractivity contribution >= 4 is 64.6 Å². The highest BCUT2D eigenvalue weighted by Crippen LogP contribution is 2.49. The summed E-state index contributed by atoms with van der Waals surface area (Å²) in [5, 5.41) is 16.9. The van der Waals surface area contributed by atoms with Gasteiger partial charge in [0.25, 0.3) is 0 Å². The van der Waals surface area contributed by atoms with Crippen LogP contribution < -0.4 is 0 Å². The molecule has 34 heavy (non-hydrogen) atoms. The van der Waals surface area contributed by atoms with Crippen molar-refractivity contribution in [2.45, 2.75) is 55.4 Å². The zero-order valence-corrected chi connectivity index (χ0v) is 21.8. The van der Waals surface area contributed by atoms with Crippen LogP contribution in [0.3, 0.4) is 0 Å². The lowest BCUT2D eigenvalue weighted by Gasteiger charge is -2.23. The molecule has 0 aliphatic heterocycles. The van der Waals surface area contributed by atoms with Crippen molar-refractivity contribution in [2.24, 2.45) is 0 Å². The van der Waals surface area contributed by atoms with Crippen molar-refractivity contribution in [3.05, 3.63) is 82.9 Å². The Bertz CT molecular complexity index is 1560. The monoisotopic (exact) mass is 442 g/mol. The van der Waals surface area contributed by atoms with Crippen molar-refractivity contribution in [2.75, 3.05) is 0 Å². The largest absolute Gasteiger partial charge is 0.0683 e. The summed E-state index contributed by atoms with van der Waals surface area (Å²) in [5.74, 6) is 0. The zero-order valence-electron chi connectivity index (χ0n) is 21.8. The minimum atomic E-state index is 1.35. The first kappa shape index (κ1) is 22.4. The van der Waals surface area contributed by atoms with E-state index in [2.05, 4.69) is 88.4 Å². The molecule has 7 aromatic rings. The summed E-state index contributed by atoms with van der Waals surface area (Å²) in [6, 6.07) is 23.0. The van der Waals surface area contributed by atoms with Crippen LogP contribution in [-0.4, -0.2) is 0 Å². The minimum absolute atomic E-state index is 1.35.